The molecule has 0 atom stereocenters. The van der Waals surface area contributed by atoms with E-state index in [0.717, 1.165) is 18.2 Å². The number of sulfonamides is 1. The predicted octanol–water partition coefficient (Wildman–Crippen LogP) is 6.31. The zero-order valence-corrected chi connectivity index (χ0v) is 22.2. The lowest BCUT2D eigenvalue weighted by Gasteiger charge is -2.15. The summed E-state index contributed by atoms with van der Waals surface area (Å²) in [6, 6.07) is 12.8. The molecule has 1 aliphatic carbocycles. The quantitative estimate of drug-likeness (QED) is 0.287. The lowest BCUT2D eigenvalue weighted by atomic mass is 9.93. The molecule has 0 bridgehead atoms. The lowest BCUT2D eigenvalue weighted by molar-refractivity contribution is -0.113. The third-order valence-corrected chi connectivity index (χ3v) is 7.98. The van der Waals surface area contributed by atoms with Crippen molar-refractivity contribution in [3.05, 3.63) is 117 Å². The van der Waals surface area contributed by atoms with E-state index in [0.29, 0.717) is 10.9 Å². The van der Waals surface area contributed by atoms with Gasteiger partial charge in [0.1, 0.15) is 17.3 Å². The smallest absolute Gasteiger partial charge is 0.282 e. The van der Waals surface area contributed by atoms with Crippen LogP contribution >= 0.6 is 23.2 Å². The second-order valence-corrected chi connectivity index (χ2v) is 11.3. The van der Waals surface area contributed by atoms with Crippen molar-refractivity contribution in [3.8, 4) is 0 Å². The van der Waals surface area contributed by atoms with Crippen LogP contribution in [0.4, 0.5) is 8.78 Å². The van der Waals surface area contributed by atoms with Gasteiger partial charge in [-0.2, -0.15) is 0 Å². The molecule has 1 heterocycles. The zero-order chi connectivity index (χ0) is 27.9. The molecule has 1 aliphatic rings. The van der Waals surface area contributed by atoms with Gasteiger partial charge in [-0.25, -0.2) is 21.9 Å². The maximum Gasteiger partial charge on any atom is 0.282 e. The van der Waals surface area contributed by atoms with Gasteiger partial charge in [-0.1, -0.05) is 47.5 Å². The summed E-state index contributed by atoms with van der Waals surface area (Å²) in [5.41, 5.74) is 0.290. The van der Waals surface area contributed by atoms with Crippen LogP contribution in [0.15, 0.2) is 83.8 Å². The van der Waals surface area contributed by atoms with Gasteiger partial charge in [-0.3, -0.25) is 9.59 Å². The van der Waals surface area contributed by atoms with Crippen molar-refractivity contribution in [2.24, 2.45) is 0 Å². The number of nitrogens with zero attached hydrogens (tertiary/aromatic N) is 1. The first-order chi connectivity index (χ1) is 18.5. The molecule has 0 fully saturated rings. The number of benzene rings is 3. The van der Waals surface area contributed by atoms with Crippen LogP contribution < -0.4 is 4.72 Å². The molecule has 0 saturated heterocycles. The number of ketones is 1. The molecule has 39 heavy (non-hydrogen) atoms. The van der Waals surface area contributed by atoms with Crippen molar-refractivity contribution in [2.75, 3.05) is 0 Å². The highest BCUT2D eigenvalue weighted by Crippen LogP contribution is 2.36. The topological polar surface area (TPSA) is 85.2 Å². The Balaban J connectivity index is 1.76. The van der Waals surface area contributed by atoms with E-state index >= 15 is 0 Å². The van der Waals surface area contributed by atoms with E-state index in [1.807, 2.05) is 4.72 Å². The molecule has 0 spiro atoms. The number of carbonyl (C=O) groups excluding carboxylic acids is 2. The molecule has 11 heteroatoms. The van der Waals surface area contributed by atoms with Gasteiger partial charge in [0.15, 0.2) is 5.78 Å². The SMILES string of the molecule is O=C1CC=CC=C1c1c(C(=O)NS(=O)(=O)c2cccc(Cl)c2)n(Cc2cc(F)ccc2F)c2ccc(Cl)cc12. The number of hydrogen-bond donors (Lipinski definition) is 1. The molecule has 0 radical (unpaired) electrons. The number of hydrogen-bond acceptors (Lipinski definition) is 4. The number of rotatable bonds is 6. The molecule has 0 unspecified atom stereocenters. The van der Waals surface area contributed by atoms with Crippen LogP contribution in [-0.2, 0) is 21.4 Å². The van der Waals surface area contributed by atoms with Crippen LogP contribution in [0, 0.1) is 11.6 Å². The number of fused-ring (bicyclic) bond motifs is 1. The van der Waals surface area contributed by atoms with Gasteiger partial charge in [0.05, 0.1) is 11.4 Å². The van der Waals surface area contributed by atoms with E-state index in [9.17, 15) is 26.8 Å². The molecule has 0 saturated carbocycles. The molecular formula is C28H18Cl2F2N2O4S. The predicted molar refractivity (Wildman–Crippen MR) is 145 cm³/mol. The van der Waals surface area contributed by atoms with Crippen LogP contribution in [0.3, 0.4) is 0 Å². The fourth-order valence-corrected chi connectivity index (χ4v) is 5.89. The highest BCUT2D eigenvalue weighted by molar-refractivity contribution is 7.90. The standard InChI is InChI=1S/C28H18Cl2F2N2O4S/c29-17-4-3-5-20(13-17)39(37,38)33-28(36)27-26(21-6-1-2-7-25(21)35)22-14-18(30)8-11-24(22)34(27)15-16-12-19(31)9-10-23(16)32/h1-6,8-14H,7,15H2,(H,33,36). The second-order valence-electron chi connectivity index (χ2n) is 8.73. The van der Waals surface area contributed by atoms with Crippen molar-refractivity contribution in [1.82, 2.24) is 9.29 Å². The Hall–Kier alpha value is -3.79. The summed E-state index contributed by atoms with van der Waals surface area (Å²) >= 11 is 12.2. The molecule has 1 aromatic heterocycles. The van der Waals surface area contributed by atoms with Crippen LogP contribution in [0.1, 0.15) is 28.0 Å². The molecule has 4 aromatic rings. The Morgan fingerprint density at radius 1 is 1.00 bits per heavy atom. The van der Waals surface area contributed by atoms with Crippen molar-refractivity contribution < 1.29 is 26.8 Å². The number of nitrogens with one attached hydrogen (secondary N) is 1. The zero-order valence-electron chi connectivity index (χ0n) is 19.9. The number of amides is 1. The highest BCUT2D eigenvalue weighted by atomic mass is 35.5. The van der Waals surface area contributed by atoms with Gasteiger partial charge in [0.25, 0.3) is 15.9 Å². The van der Waals surface area contributed by atoms with Crippen molar-refractivity contribution >= 4 is 61.4 Å². The van der Waals surface area contributed by atoms with Gasteiger partial charge >= 0.3 is 0 Å². The van der Waals surface area contributed by atoms with Gasteiger partial charge in [-0.15, -0.1) is 0 Å². The number of allylic oxidation sites excluding steroid dienone is 4. The summed E-state index contributed by atoms with van der Waals surface area (Å²) in [6.07, 6.45) is 4.85. The van der Waals surface area contributed by atoms with Crippen molar-refractivity contribution in [2.45, 2.75) is 17.9 Å². The van der Waals surface area contributed by atoms with Crippen LogP contribution in [-0.4, -0.2) is 24.7 Å². The maximum atomic E-state index is 14.7. The first-order valence-electron chi connectivity index (χ1n) is 11.5. The fourth-order valence-electron chi connectivity index (χ4n) is 4.46. The van der Waals surface area contributed by atoms with Gasteiger partial charge in [0.2, 0.25) is 0 Å². The molecule has 1 N–H and O–H groups in total. The van der Waals surface area contributed by atoms with E-state index < -0.39 is 27.6 Å². The van der Waals surface area contributed by atoms with Crippen LogP contribution in [0.5, 0.6) is 0 Å². The maximum absolute atomic E-state index is 14.7. The number of halogens is 4. The molecule has 1 amide bonds. The minimum atomic E-state index is -4.42. The molecule has 3 aromatic carbocycles. The monoisotopic (exact) mass is 586 g/mol. The molecular weight excluding hydrogens is 569 g/mol. The van der Waals surface area contributed by atoms with Gasteiger partial charge in [0, 0.05) is 44.1 Å². The van der Waals surface area contributed by atoms with Crippen molar-refractivity contribution in [1.29, 1.82) is 0 Å². The van der Waals surface area contributed by atoms with E-state index in [-0.39, 0.29) is 56.1 Å². The number of carbonyl (C=O) groups is 2. The summed E-state index contributed by atoms with van der Waals surface area (Å²) in [4.78, 5) is 26.5. The third-order valence-electron chi connectivity index (χ3n) is 6.18. The minimum absolute atomic E-state index is 0.0550. The van der Waals surface area contributed by atoms with E-state index in [4.69, 9.17) is 23.2 Å². The van der Waals surface area contributed by atoms with E-state index in [1.54, 1.807) is 18.2 Å². The fraction of sp³-hybridized carbons (Fsp3) is 0.0714. The molecule has 198 valence electrons. The van der Waals surface area contributed by atoms with Crippen LogP contribution in [0.25, 0.3) is 16.5 Å². The average molecular weight is 587 g/mol. The average Bonchev–Trinajstić information content (AvgIpc) is 3.19. The second kappa shape index (κ2) is 10.4. The normalized spacial score (nSPS) is 13.5. The summed E-state index contributed by atoms with van der Waals surface area (Å²) in [5, 5.41) is 0.788. The summed E-state index contributed by atoms with van der Waals surface area (Å²) in [6.45, 7) is -0.348. The molecule has 0 aliphatic heterocycles. The van der Waals surface area contributed by atoms with E-state index in [1.165, 1.54) is 47.0 Å². The molecule has 5 rings (SSSR count). The summed E-state index contributed by atoms with van der Waals surface area (Å²) in [5.74, 6) is -2.84. The lowest BCUT2D eigenvalue weighted by Crippen LogP contribution is -2.33. The van der Waals surface area contributed by atoms with Crippen LogP contribution in [0.2, 0.25) is 10.0 Å². The highest BCUT2D eigenvalue weighted by Gasteiger charge is 2.31. The van der Waals surface area contributed by atoms with E-state index in [2.05, 4.69) is 0 Å². The molecule has 6 nitrogen and oxygen atoms in total. The Kier molecular flexibility index (Phi) is 7.15. The van der Waals surface area contributed by atoms with Gasteiger partial charge in [-0.05, 0) is 54.6 Å². The minimum Gasteiger partial charge on any atom is -0.331 e. The summed E-state index contributed by atoms with van der Waals surface area (Å²) in [7, 11) is -4.42. The Labute approximate surface area is 232 Å². The Morgan fingerprint density at radius 2 is 1.77 bits per heavy atom. The Morgan fingerprint density at radius 3 is 2.51 bits per heavy atom. The van der Waals surface area contributed by atoms with Gasteiger partial charge < -0.3 is 4.57 Å². The Bertz CT molecular complexity index is 1850. The van der Waals surface area contributed by atoms with Crippen molar-refractivity contribution in [3.63, 3.8) is 0 Å². The summed E-state index contributed by atoms with van der Waals surface area (Å²) < 4.78 is 58.4. The first kappa shape index (κ1) is 26.8. The first-order valence-corrected chi connectivity index (χ1v) is 13.8. The number of Topliss-reactive ketones (excluding diaryl/α,β-unsaturated/α-hetero) is 1. The largest absolute Gasteiger partial charge is 0.331 e. The third kappa shape index (κ3) is 5.25. The number of aromatic nitrogens is 1.